The van der Waals surface area contributed by atoms with Crippen LogP contribution in [-0.2, 0) is 25.5 Å². The molecular weight excluding hydrogens is 425 g/mol. The number of ether oxygens (including phenoxy) is 2. The largest absolute Gasteiger partial charge is 0.490 e. The third-order valence-corrected chi connectivity index (χ3v) is 5.52. The van der Waals surface area contributed by atoms with E-state index in [9.17, 15) is 18.0 Å². The topological polar surface area (TPSA) is 79.3 Å². The molecule has 2 unspecified atom stereocenters. The molecule has 0 bridgehead atoms. The van der Waals surface area contributed by atoms with Crippen molar-refractivity contribution in [2.24, 2.45) is 0 Å². The fraction of sp³-hybridized carbons (Fsp3) is 0.684. The van der Waals surface area contributed by atoms with Crippen LogP contribution >= 0.6 is 11.3 Å². The standard InChI is InChI=1S/C17H26N2O3S.C2HF3O2/c1-18(2)10-15-3-5-17(22-15)12-19(6-7-21-13-17)16(20)9-14-4-8-23-11-14;3-2(4,5)1(6)7/h4,8,11,15H,3,5-7,9-10,12-13H2,1-2H3;(H,6,7). The first-order valence-corrected chi connectivity index (χ1v) is 10.4. The molecule has 2 fully saturated rings. The summed E-state index contributed by atoms with van der Waals surface area (Å²) in [6.07, 6.45) is -2.37. The predicted molar refractivity (Wildman–Crippen MR) is 105 cm³/mol. The van der Waals surface area contributed by atoms with E-state index in [1.807, 2.05) is 21.7 Å². The number of amides is 1. The highest BCUT2D eigenvalue weighted by molar-refractivity contribution is 7.08. The third-order valence-electron chi connectivity index (χ3n) is 4.79. The summed E-state index contributed by atoms with van der Waals surface area (Å²) < 4.78 is 43.8. The van der Waals surface area contributed by atoms with Crippen LogP contribution in [0.15, 0.2) is 16.8 Å². The molecule has 2 aliphatic heterocycles. The summed E-state index contributed by atoms with van der Waals surface area (Å²) in [5.74, 6) is -2.58. The second-order valence-corrected chi connectivity index (χ2v) is 8.48. The van der Waals surface area contributed by atoms with Crippen molar-refractivity contribution in [3.05, 3.63) is 22.4 Å². The quantitative estimate of drug-likeness (QED) is 0.755. The Morgan fingerprint density at radius 2 is 2.10 bits per heavy atom. The molecule has 0 saturated carbocycles. The molecule has 0 aliphatic carbocycles. The Kier molecular flexibility index (Phi) is 8.65. The number of aliphatic carboxylic acids is 1. The lowest BCUT2D eigenvalue weighted by Gasteiger charge is -2.32. The highest BCUT2D eigenvalue weighted by Crippen LogP contribution is 2.33. The van der Waals surface area contributed by atoms with Crippen LogP contribution in [0, 0.1) is 0 Å². The minimum Gasteiger partial charge on any atom is -0.475 e. The molecule has 0 aromatic carbocycles. The number of hydrogen-bond donors (Lipinski definition) is 1. The first-order valence-electron chi connectivity index (χ1n) is 9.50. The molecule has 3 heterocycles. The van der Waals surface area contributed by atoms with Crippen LogP contribution in [0.4, 0.5) is 13.2 Å². The van der Waals surface area contributed by atoms with Crippen molar-refractivity contribution in [3.8, 4) is 0 Å². The predicted octanol–water partition coefficient (Wildman–Crippen LogP) is 2.26. The van der Waals surface area contributed by atoms with Crippen LogP contribution in [0.5, 0.6) is 0 Å². The van der Waals surface area contributed by atoms with E-state index < -0.39 is 12.1 Å². The number of carboxylic acid groups (broad SMARTS) is 1. The smallest absolute Gasteiger partial charge is 0.475 e. The van der Waals surface area contributed by atoms with E-state index in [0.717, 1.165) is 24.9 Å². The Balaban J connectivity index is 0.000000396. The van der Waals surface area contributed by atoms with Gasteiger partial charge in [0.25, 0.3) is 0 Å². The SMILES string of the molecule is CN(C)CC1CCC2(COCCN(C(=O)Cc3ccsc3)C2)O1.O=C(O)C(F)(F)F. The van der Waals surface area contributed by atoms with Crippen LogP contribution < -0.4 is 0 Å². The summed E-state index contributed by atoms with van der Waals surface area (Å²) in [6.45, 7) is 3.43. The Hall–Kier alpha value is -1.69. The van der Waals surface area contributed by atoms with Gasteiger partial charge in [-0.15, -0.1) is 0 Å². The van der Waals surface area contributed by atoms with Crippen LogP contribution in [0.3, 0.4) is 0 Å². The normalized spacial score (nSPS) is 24.5. The maximum Gasteiger partial charge on any atom is 0.490 e. The van der Waals surface area contributed by atoms with Crippen molar-refractivity contribution >= 4 is 23.2 Å². The van der Waals surface area contributed by atoms with Crippen LogP contribution in [0.2, 0.25) is 0 Å². The summed E-state index contributed by atoms with van der Waals surface area (Å²) in [6, 6.07) is 2.02. The molecule has 1 N–H and O–H groups in total. The van der Waals surface area contributed by atoms with Crippen molar-refractivity contribution in [2.75, 3.05) is 46.9 Å². The van der Waals surface area contributed by atoms with Crippen LogP contribution in [0.1, 0.15) is 18.4 Å². The molecule has 7 nitrogen and oxygen atoms in total. The van der Waals surface area contributed by atoms with Crippen molar-refractivity contribution < 1.29 is 37.3 Å². The van der Waals surface area contributed by atoms with Crippen molar-refractivity contribution in [3.63, 3.8) is 0 Å². The van der Waals surface area contributed by atoms with Gasteiger partial charge < -0.3 is 24.4 Å². The second kappa shape index (κ2) is 10.6. The number of halogens is 3. The number of likely N-dealkylation sites (N-methyl/N-ethyl adjacent to an activating group) is 1. The van der Waals surface area contributed by atoms with Gasteiger partial charge >= 0.3 is 12.1 Å². The van der Waals surface area contributed by atoms with Gasteiger partial charge in [-0.25, -0.2) is 4.79 Å². The highest BCUT2D eigenvalue weighted by atomic mass is 32.1. The molecule has 3 rings (SSSR count). The van der Waals surface area contributed by atoms with E-state index in [1.54, 1.807) is 11.3 Å². The zero-order chi connectivity index (χ0) is 22.4. The van der Waals surface area contributed by atoms with Gasteiger partial charge in [0.2, 0.25) is 5.91 Å². The molecule has 30 heavy (non-hydrogen) atoms. The van der Waals surface area contributed by atoms with Gasteiger partial charge in [-0.05, 0) is 49.3 Å². The molecule has 1 aromatic rings. The molecule has 0 radical (unpaired) electrons. The van der Waals surface area contributed by atoms with E-state index in [-0.39, 0.29) is 17.6 Å². The van der Waals surface area contributed by atoms with Gasteiger partial charge in [0.15, 0.2) is 0 Å². The van der Waals surface area contributed by atoms with Gasteiger partial charge in [-0.2, -0.15) is 24.5 Å². The number of rotatable bonds is 4. The van der Waals surface area contributed by atoms with Crippen molar-refractivity contribution in [2.45, 2.75) is 37.1 Å². The summed E-state index contributed by atoms with van der Waals surface area (Å²) >= 11 is 1.63. The number of hydrogen-bond acceptors (Lipinski definition) is 6. The molecule has 1 aromatic heterocycles. The van der Waals surface area contributed by atoms with Crippen LogP contribution in [-0.4, -0.2) is 91.6 Å². The van der Waals surface area contributed by atoms with Crippen LogP contribution in [0.25, 0.3) is 0 Å². The zero-order valence-electron chi connectivity index (χ0n) is 17.0. The number of carbonyl (C=O) groups is 2. The fourth-order valence-electron chi connectivity index (χ4n) is 3.45. The van der Waals surface area contributed by atoms with E-state index in [1.165, 1.54) is 0 Å². The highest BCUT2D eigenvalue weighted by Gasteiger charge is 2.44. The Morgan fingerprint density at radius 1 is 1.40 bits per heavy atom. The molecule has 11 heteroatoms. The van der Waals surface area contributed by atoms with Gasteiger partial charge in [0, 0.05) is 13.1 Å². The number of thiophene rings is 1. The second-order valence-electron chi connectivity index (χ2n) is 7.70. The number of nitrogens with zero attached hydrogens (tertiary/aromatic N) is 2. The Labute approximate surface area is 177 Å². The van der Waals surface area contributed by atoms with Gasteiger partial charge in [-0.1, -0.05) is 0 Å². The number of carbonyl (C=O) groups excluding carboxylic acids is 1. The zero-order valence-corrected chi connectivity index (χ0v) is 17.8. The Morgan fingerprint density at radius 3 is 2.67 bits per heavy atom. The maximum absolute atomic E-state index is 12.6. The average Bonchev–Trinajstić information content (AvgIpc) is 3.21. The average molecular weight is 452 g/mol. The minimum atomic E-state index is -5.08. The minimum absolute atomic E-state index is 0.174. The monoisotopic (exact) mass is 452 g/mol. The summed E-state index contributed by atoms with van der Waals surface area (Å²) in [4.78, 5) is 25.6. The molecule has 2 atom stereocenters. The summed E-state index contributed by atoms with van der Waals surface area (Å²) in [5, 5.41) is 11.2. The lowest BCUT2D eigenvalue weighted by Crippen LogP contribution is -2.47. The van der Waals surface area contributed by atoms with Gasteiger partial charge in [0.05, 0.1) is 32.3 Å². The molecule has 2 saturated heterocycles. The van der Waals surface area contributed by atoms with Gasteiger partial charge in [0.1, 0.15) is 5.60 Å². The molecule has 170 valence electrons. The van der Waals surface area contributed by atoms with Crippen molar-refractivity contribution in [1.82, 2.24) is 9.80 Å². The van der Waals surface area contributed by atoms with E-state index >= 15 is 0 Å². The first kappa shape index (κ1) is 24.6. The Bertz CT molecular complexity index is 699. The maximum atomic E-state index is 12.6. The number of carboxylic acids is 1. The molecular formula is C19H27F3N2O5S. The summed E-state index contributed by atoms with van der Waals surface area (Å²) in [7, 11) is 4.13. The van der Waals surface area contributed by atoms with E-state index in [4.69, 9.17) is 19.4 Å². The van der Waals surface area contributed by atoms with E-state index in [2.05, 4.69) is 19.0 Å². The molecule has 1 amide bonds. The van der Waals surface area contributed by atoms with E-state index in [0.29, 0.717) is 32.7 Å². The lowest BCUT2D eigenvalue weighted by atomic mass is 9.99. The number of alkyl halides is 3. The molecule has 1 spiro atoms. The van der Waals surface area contributed by atoms with Gasteiger partial charge in [-0.3, -0.25) is 4.79 Å². The third kappa shape index (κ3) is 7.53. The summed E-state index contributed by atoms with van der Waals surface area (Å²) in [5.41, 5.74) is 0.777. The fourth-order valence-corrected chi connectivity index (χ4v) is 4.12. The lowest BCUT2D eigenvalue weighted by molar-refractivity contribution is -0.192. The molecule has 2 aliphatic rings. The first-order chi connectivity index (χ1) is 14.0. The van der Waals surface area contributed by atoms with Crippen molar-refractivity contribution in [1.29, 1.82) is 0 Å².